The van der Waals surface area contributed by atoms with E-state index >= 15 is 0 Å². The van der Waals surface area contributed by atoms with E-state index in [0.29, 0.717) is 12.0 Å². The van der Waals surface area contributed by atoms with E-state index in [1.165, 1.54) is 51.9 Å². The Morgan fingerprint density at radius 3 is 2.06 bits per heavy atom. The lowest BCUT2D eigenvalue weighted by atomic mass is 9.68. The molecule has 1 atom stereocenters. The normalized spacial score (nSPS) is 19.7. The summed E-state index contributed by atoms with van der Waals surface area (Å²) in [4.78, 5) is 28.8. The summed E-state index contributed by atoms with van der Waals surface area (Å²) in [5.41, 5.74) is 0.659. The number of ether oxygens (including phenoxy) is 2. The fourth-order valence-corrected chi connectivity index (χ4v) is 5.65. The smallest absolute Gasteiger partial charge is 0.346 e. The Balaban J connectivity index is 1.38. The predicted molar refractivity (Wildman–Crippen MR) is 137 cm³/mol. The number of carbonyl (C=O) groups is 2. The van der Waals surface area contributed by atoms with Gasteiger partial charge in [-0.15, -0.1) is 0 Å². The maximum absolute atomic E-state index is 13.4. The Hall–Kier alpha value is -2.50. The summed E-state index contributed by atoms with van der Waals surface area (Å²) in [6.45, 7) is 4.66. The number of benzene rings is 2. The quantitative estimate of drug-likeness (QED) is 0.340. The lowest BCUT2D eigenvalue weighted by molar-refractivity contribution is -0.179. The van der Waals surface area contributed by atoms with E-state index in [0.717, 1.165) is 24.2 Å². The highest BCUT2D eigenvalue weighted by molar-refractivity contribution is 6.06. The maximum Gasteiger partial charge on any atom is 0.346 e. The van der Waals surface area contributed by atoms with E-state index in [1.807, 2.05) is 60.7 Å². The molecule has 1 spiro atoms. The van der Waals surface area contributed by atoms with Gasteiger partial charge < -0.3 is 9.47 Å². The molecule has 4 rings (SSSR count). The third-order valence-corrected chi connectivity index (χ3v) is 7.99. The van der Waals surface area contributed by atoms with Crippen molar-refractivity contribution in [3.05, 3.63) is 71.8 Å². The fraction of sp³-hybridized carbons (Fsp3) is 0.533. The van der Waals surface area contributed by atoms with Gasteiger partial charge in [0.25, 0.3) is 0 Å². The zero-order valence-corrected chi connectivity index (χ0v) is 21.0. The van der Waals surface area contributed by atoms with Gasteiger partial charge in [0, 0.05) is 13.0 Å². The number of nitrogens with zero attached hydrogens (tertiary/aromatic N) is 1. The average Bonchev–Trinajstić information content (AvgIpc) is 2.89. The fourth-order valence-electron chi connectivity index (χ4n) is 5.65. The van der Waals surface area contributed by atoms with E-state index in [9.17, 15) is 9.59 Å². The highest BCUT2D eigenvalue weighted by Crippen LogP contribution is 2.44. The van der Waals surface area contributed by atoms with Crippen molar-refractivity contribution in [2.75, 3.05) is 26.2 Å². The second kappa shape index (κ2) is 12.0. The van der Waals surface area contributed by atoms with Crippen molar-refractivity contribution < 1.29 is 19.1 Å². The number of hydrogen-bond donors (Lipinski definition) is 0. The van der Waals surface area contributed by atoms with Crippen molar-refractivity contribution in [2.45, 2.75) is 70.5 Å². The number of carbonyl (C=O) groups excluding carboxylic acids is 2. The molecule has 2 fully saturated rings. The molecular weight excluding hydrogens is 438 g/mol. The van der Waals surface area contributed by atoms with E-state index in [2.05, 4.69) is 4.90 Å². The summed E-state index contributed by atoms with van der Waals surface area (Å²) in [5.74, 6) is -0.926. The van der Waals surface area contributed by atoms with Crippen LogP contribution >= 0.6 is 0 Å². The molecule has 0 amide bonds. The van der Waals surface area contributed by atoms with Crippen LogP contribution in [0.5, 0.6) is 0 Å². The topological polar surface area (TPSA) is 55.8 Å². The van der Waals surface area contributed by atoms with Crippen LogP contribution in [-0.2, 0) is 32.1 Å². The average molecular weight is 478 g/mol. The second-order valence-electron chi connectivity index (χ2n) is 10.4. The van der Waals surface area contributed by atoms with E-state index in [4.69, 9.17) is 9.47 Å². The number of likely N-dealkylation sites (tertiary alicyclic amines) is 1. The van der Waals surface area contributed by atoms with Gasteiger partial charge in [-0.3, -0.25) is 9.69 Å². The molecular formula is C30H39NO4. The largest absolute Gasteiger partial charge is 0.462 e. The van der Waals surface area contributed by atoms with Crippen LogP contribution in [0.15, 0.2) is 60.7 Å². The minimum atomic E-state index is -1.66. The Kier molecular flexibility index (Phi) is 8.74. The summed E-state index contributed by atoms with van der Waals surface area (Å²) in [5, 5.41) is 0. The minimum Gasteiger partial charge on any atom is -0.462 e. The third-order valence-electron chi connectivity index (χ3n) is 7.99. The molecule has 0 radical (unpaired) electrons. The van der Waals surface area contributed by atoms with Gasteiger partial charge in [-0.2, -0.15) is 0 Å². The van der Waals surface area contributed by atoms with Gasteiger partial charge in [-0.05, 0) is 62.2 Å². The molecule has 1 unspecified atom stereocenters. The highest BCUT2D eigenvalue weighted by Gasteiger charge is 2.46. The molecule has 188 valence electrons. The Morgan fingerprint density at radius 1 is 0.857 bits per heavy atom. The molecule has 0 aromatic heterocycles. The van der Waals surface area contributed by atoms with Crippen molar-refractivity contribution in [3.63, 3.8) is 0 Å². The van der Waals surface area contributed by atoms with E-state index in [-0.39, 0.29) is 25.4 Å². The van der Waals surface area contributed by atoms with Gasteiger partial charge >= 0.3 is 5.97 Å². The molecule has 0 bridgehead atoms. The summed E-state index contributed by atoms with van der Waals surface area (Å²) in [6.07, 6.45) is 9.50. The monoisotopic (exact) mass is 477 g/mol. The predicted octanol–water partition coefficient (Wildman–Crippen LogP) is 5.36. The zero-order chi connectivity index (χ0) is 24.6. The molecule has 2 aliphatic rings. The van der Waals surface area contributed by atoms with Crippen molar-refractivity contribution in [3.8, 4) is 0 Å². The standard InChI is InChI=1S/C30H39NO4/c1-25(32)30(23-26-11-5-2-6-12-26,35-24-27-13-7-3-8-14-27)28(33)34-22-21-31-19-17-29(18-20-31)15-9-4-10-16-29/h2-3,5-8,11-14H,4,9-10,15-24H2,1H3. The van der Waals surface area contributed by atoms with Gasteiger partial charge in [0.1, 0.15) is 6.61 Å². The number of ketones is 1. The first-order valence-electron chi connectivity index (χ1n) is 13.1. The molecule has 35 heavy (non-hydrogen) atoms. The third kappa shape index (κ3) is 6.59. The molecule has 1 heterocycles. The van der Waals surface area contributed by atoms with Crippen molar-refractivity contribution in [2.24, 2.45) is 5.41 Å². The molecule has 2 aromatic carbocycles. The first-order valence-corrected chi connectivity index (χ1v) is 13.1. The molecule has 5 heteroatoms. The Labute approximate surface area is 209 Å². The van der Waals surface area contributed by atoms with Crippen molar-refractivity contribution in [1.82, 2.24) is 4.90 Å². The Morgan fingerprint density at radius 2 is 1.46 bits per heavy atom. The first kappa shape index (κ1) is 25.6. The Bertz CT molecular complexity index is 945. The lowest BCUT2D eigenvalue weighted by Gasteiger charge is -2.44. The highest BCUT2D eigenvalue weighted by atomic mass is 16.6. The minimum absolute atomic E-state index is 0.154. The van der Waals surface area contributed by atoms with Crippen LogP contribution in [-0.4, -0.2) is 48.5 Å². The molecule has 0 N–H and O–H groups in total. The van der Waals surface area contributed by atoms with Crippen LogP contribution in [0.3, 0.4) is 0 Å². The summed E-state index contributed by atoms with van der Waals surface area (Å²) < 4.78 is 11.9. The van der Waals surface area contributed by atoms with Gasteiger partial charge in [0.2, 0.25) is 5.60 Å². The molecule has 1 saturated heterocycles. The first-order chi connectivity index (χ1) is 17.0. The van der Waals surface area contributed by atoms with Crippen LogP contribution in [0.25, 0.3) is 0 Å². The summed E-state index contributed by atoms with van der Waals surface area (Å²) in [7, 11) is 0. The second-order valence-corrected chi connectivity index (χ2v) is 10.4. The van der Waals surface area contributed by atoms with Crippen LogP contribution in [0.1, 0.15) is 63.0 Å². The summed E-state index contributed by atoms with van der Waals surface area (Å²) >= 11 is 0. The lowest BCUT2D eigenvalue weighted by Crippen LogP contribution is -2.51. The SMILES string of the molecule is CC(=O)C(Cc1ccccc1)(OCc1ccccc1)C(=O)OCCN1CCC2(CCCCC2)CC1. The van der Waals surface area contributed by atoms with Crippen LogP contribution in [0.2, 0.25) is 0 Å². The molecule has 1 aliphatic heterocycles. The number of piperidine rings is 1. The van der Waals surface area contributed by atoms with E-state index in [1.54, 1.807) is 0 Å². The van der Waals surface area contributed by atoms with Crippen molar-refractivity contribution in [1.29, 1.82) is 0 Å². The van der Waals surface area contributed by atoms with Crippen LogP contribution in [0, 0.1) is 5.41 Å². The molecule has 5 nitrogen and oxygen atoms in total. The van der Waals surface area contributed by atoms with Crippen LogP contribution in [0.4, 0.5) is 0 Å². The molecule has 1 saturated carbocycles. The number of hydrogen-bond acceptors (Lipinski definition) is 5. The number of rotatable bonds is 10. The van der Waals surface area contributed by atoms with Gasteiger partial charge in [0.15, 0.2) is 5.78 Å². The maximum atomic E-state index is 13.4. The van der Waals surface area contributed by atoms with Crippen LogP contribution < -0.4 is 0 Å². The van der Waals surface area contributed by atoms with Crippen molar-refractivity contribution >= 4 is 11.8 Å². The zero-order valence-electron chi connectivity index (χ0n) is 21.0. The van der Waals surface area contributed by atoms with Gasteiger partial charge in [-0.25, -0.2) is 4.79 Å². The van der Waals surface area contributed by atoms with Gasteiger partial charge in [-0.1, -0.05) is 79.9 Å². The molecule has 1 aliphatic carbocycles. The number of esters is 1. The van der Waals surface area contributed by atoms with Gasteiger partial charge in [0.05, 0.1) is 6.61 Å². The van der Waals surface area contributed by atoms with E-state index < -0.39 is 11.6 Å². The molecule has 2 aromatic rings. The number of Topliss-reactive ketones (excluding diaryl/α,β-unsaturated/α-hetero) is 1. The summed E-state index contributed by atoms with van der Waals surface area (Å²) in [6, 6.07) is 19.1.